The number of benzene rings is 1. The van der Waals surface area contributed by atoms with Gasteiger partial charge >= 0.3 is 5.97 Å². The highest BCUT2D eigenvalue weighted by atomic mass is 19.1. The molecule has 1 heterocycles. The quantitative estimate of drug-likeness (QED) is 0.607. The molecule has 26 heavy (non-hydrogen) atoms. The Labute approximate surface area is 149 Å². The third-order valence-corrected chi connectivity index (χ3v) is 4.46. The van der Waals surface area contributed by atoms with Crippen LogP contribution in [0.4, 0.5) is 13.2 Å². The van der Waals surface area contributed by atoms with Crippen LogP contribution in [0.1, 0.15) is 44.2 Å². The maximum Gasteiger partial charge on any atom is 0.331 e. The van der Waals surface area contributed by atoms with Crippen LogP contribution < -0.4 is 0 Å². The van der Waals surface area contributed by atoms with E-state index >= 15 is 0 Å². The molecule has 140 valence electrons. The first-order valence-corrected chi connectivity index (χ1v) is 8.30. The number of amides is 1. The molecule has 2 atom stereocenters. The number of carbonyl (C=O) groups is 2. The van der Waals surface area contributed by atoms with E-state index in [1.54, 1.807) is 6.92 Å². The van der Waals surface area contributed by atoms with Gasteiger partial charge in [-0.05, 0) is 19.3 Å². The molecule has 1 aliphatic heterocycles. The highest BCUT2D eigenvalue weighted by Gasteiger charge is 2.39. The topological polar surface area (TPSA) is 57.6 Å². The second-order valence-electron chi connectivity index (χ2n) is 6.09. The highest BCUT2D eigenvalue weighted by molar-refractivity contribution is 5.87. The fraction of sp³-hybridized carbons (Fsp3) is 0.368. The molecule has 2 rings (SSSR count). The van der Waals surface area contributed by atoms with E-state index in [0.29, 0.717) is 18.6 Å². The van der Waals surface area contributed by atoms with Crippen LogP contribution in [-0.4, -0.2) is 27.9 Å². The molecule has 7 heteroatoms. The predicted octanol–water partition coefficient (Wildman–Crippen LogP) is 4.13. The third-order valence-electron chi connectivity index (χ3n) is 4.46. The average Bonchev–Trinajstić information content (AvgIpc) is 2.94. The van der Waals surface area contributed by atoms with Gasteiger partial charge in [0.15, 0.2) is 0 Å². The van der Waals surface area contributed by atoms with Crippen LogP contribution in [0.15, 0.2) is 36.4 Å². The first-order chi connectivity index (χ1) is 12.3. The average molecular weight is 367 g/mol. The van der Waals surface area contributed by atoms with Gasteiger partial charge in [0.25, 0.3) is 0 Å². The first-order valence-electron chi connectivity index (χ1n) is 8.30. The number of halogens is 3. The fourth-order valence-electron chi connectivity index (χ4n) is 3.32. The zero-order chi connectivity index (χ0) is 19.4. The van der Waals surface area contributed by atoms with Crippen LogP contribution in [-0.2, 0) is 9.59 Å². The maximum atomic E-state index is 14.2. The van der Waals surface area contributed by atoms with Crippen LogP contribution in [0, 0.1) is 17.5 Å². The van der Waals surface area contributed by atoms with Gasteiger partial charge in [0.1, 0.15) is 17.5 Å². The highest BCUT2D eigenvalue weighted by Crippen LogP contribution is 2.40. The van der Waals surface area contributed by atoms with Crippen molar-refractivity contribution >= 4 is 11.9 Å². The van der Waals surface area contributed by atoms with Crippen LogP contribution >= 0.6 is 0 Å². The molecule has 1 saturated heterocycles. The van der Waals surface area contributed by atoms with Gasteiger partial charge < -0.3 is 10.0 Å². The summed E-state index contributed by atoms with van der Waals surface area (Å²) < 4.78 is 41.7. The lowest BCUT2D eigenvalue weighted by Gasteiger charge is -2.30. The Bertz CT molecular complexity index is 737. The molecular formula is C19H20F3NO3. The lowest BCUT2D eigenvalue weighted by atomic mass is 10.0. The molecule has 1 aromatic carbocycles. The Morgan fingerprint density at radius 1 is 1.27 bits per heavy atom. The molecule has 0 bridgehead atoms. The van der Waals surface area contributed by atoms with Crippen LogP contribution in [0.25, 0.3) is 0 Å². The van der Waals surface area contributed by atoms with Crippen molar-refractivity contribution in [1.82, 2.24) is 4.90 Å². The molecule has 0 aliphatic carbocycles. The Kier molecular flexibility index (Phi) is 6.23. The van der Waals surface area contributed by atoms with Crippen molar-refractivity contribution in [2.24, 2.45) is 0 Å². The van der Waals surface area contributed by atoms with Gasteiger partial charge in [-0.3, -0.25) is 4.79 Å². The smallest absolute Gasteiger partial charge is 0.331 e. The SMILES string of the molecule is C=CCC(=O)N1[C@@H](C=C(CC)C(=O)O)CC[C@H]1c1c(F)cc(F)cc1F. The van der Waals surface area contributed by atoms with Crippen LogP contribution in [0.2, 0.25) is 0 Å². The molecule has 4 nitrogen and oxygen atoms in total. The lowest BCUT2D eigenvalue weighted by Crippen LogP contribution is -2.37. The van der Waals surface area contributed by atoms with Gasteiger partial charge in [-0.15, -0.1) is 6.58 Å². The molecule has 1 N–H and O–H groups in total. The first kappa shape index (κ1) is 19.8. The van der Waals surface area contributed by atoms with Crippen LogP contribution in [0.5, 0.6) is 0 Å². The second kappa shape index (κ2) is 8.21. The number of carboxylic acid groups (broad SMARTS) is 1. The molecule has 1 amide bonds. The minimum Gasteiger partial charge on any atom is -0.478 e. The number of carbonyl (C=O) groups excluding carboxylic acids is 1. The van der Waals surface area contributed by atoms with Gasteiger partial charge in [-0.25, -0.2) is 18.0 Å². The molecule has 0 aromatic heterocycles. The second-order valence-corrected chi connectivity index (χ2v) is 6.09. The minimum atomic E-state index is -1.11. The molecule has 0 radical (unpaired) electrons. The normalized spacial score (nSPS) is 20.3. The molecular weight excluding hydrogens is 347 g/mol. The number of nitrogens with zero attached hydrogens (tertiary/aromatic N) is 1. The van der Waals surface area contributed by atoms with Crippen molar-refractivity contribution in [2.75, 3.05) is 0 Å². The fourth-order valence-corrected chi connectivity index (χ4v) is 3.32. The Morgan fingerprint density at radius 2 is 1.88 bits per heavy atom. The largest absolute Gasteiger partial charge is 0.478 e. The van der Waals surface area contributed by atoms with Crippen LogP contribution in [0.3, 0.4) is 0 Å². The van der Waals surface area contributed by atoms with Crippen molar-refractivity contribution in [2.45, 2.75) is 44.7 Å². The monoisotopic (exact) mass is 367 g/mol. The summed E-state index contributed by atoms with van der Waals surface area (Å²) in [5.74, 6) is -4.70. The molecule has 1 fully saturated rings. The van der Waals surface area contributed by atoms with Crippen molar-refractivity contribution < 1.29 is 27.9 Å². The summed E-state index contributed by atoms with van der Waals surface area (Å²) in [5, 5.41) is 9.21. The zero-order valence-corrected chi connectivity index (χ0v) is 14.3. The summed E-state index contributed by atoms with van der Waals surface area (Å²) in [6.45, 7) is 5.16. The van der Waals surface area contributed by atoms with Crippen molar-refractivity contribution in [3.05, 3.63) is 59.5 Å². The molecule has 0 spiro atoms. The number of aliphatic carboxylic acids is 1. The number of hydrogen-bond donors (Lipinski definition) is 1. The standard InChI is InChI=1S/C19H20F3NO3/c1-3-5-17(24)23-13(8-11(4-2)19(25)26)6-7-16(23)18-14(21)9-12(20)10-15(18)22/h3,8-10,13,16H,1,4-7H2,2H3,(H,25,26)/t13-,16+/m1/s1. The van der Waals surface area contributed by atoms with E-state index in [1.807, 2.05) is 0 Å². The van der Waals surface area contributed by atoms with Crippen molar-refractivity contribution in [3.8, 4) is 0 Å². The van der Waals surface area contributed by atoms with Gasteiger partial charge in [-0.1, -0.05) is 19.1 Å². The Morgan fingerprint density at radius 3 is 2.38 bits per heavy atom. The number of hydrogen-bond acceptors (Lipinski definition) is 2. The number of likely N-dealkylation sites (tertiary alicyclic amines) is 1. The van der Waals surface area contributed by atoms with Gasteiger partial charge in [0.2, 0.25) is 5.91 Å². The summed E-state index contributed by atoms with van der Waals surface area (Å²) in [5.41, 5.74) is -0.264. The third kappa shape index (κ3) is 3.98. The number of rotatable bonds is 6. The van der Waals surface area contributed by atoms with E-state index in [4.69, 9.17) is 0 Å². The zero-order valence-electron chi connectivity index (χ0n) is 14.3. The molecule has 0 unspecified atom stereocenters. The van der Waals surface area contributed by atoms with E-state index in [1.165, 1.54) is 17.1 Å². The summed E-state index contributed by atoms with van der Waals surface area (Å²) in [4.78, 5) is 25.1. The van der Waals surface area contributed by atoms with E-state index < -0.39 is 41.4 Å². The minimum absolute atomic E-state index is 0.0558. The predicted molar refractivity (Wildman–Crippen MR) is 89.7 cm³/mol. The Hall–Kier alpha value is -2.57. The van der Waals surface area contributed by atoms with E-state index in [9.17, 15) is 27.9 Å². The van der Waals surface area contributed by atoms with Gasteiger partial charge in [-0.2, -0.15) is 0 Å². The summed E-state index contributed by atoms with van der Waals surface area (Å²) in [6, 6.07) is -0.391. The lowest BCUT2D eigenvalue weighted by molar-refractivity contribution is -0.134. The van der Waals surface area contributed by atoms with Crippen molar-refractivity contribution in [3.63, 3.8) is 0 Å². The summed E-state index contributed by atoms with van der Waals surface area (Å²) in [6.07, 6.45) is 3.59. The van der Waals surface area contributed by atoms with Crippen molar-refractivity contribution in [1.29, 1.82) is 0 Å². The number of carboxylic acids is 1. The Balaban J connectivity index is 2.49. The summed E-state index contributed by atoms with van der Waals surface area (Å²) in [7, 11) is 0. The molecule has 1 aliphatic rings. The van der Waals surface area contributed by atoms with E-state index in [0.717, 1.165) is 0 Å². The molecule has 1 aromatic rings. The van der Waals surface area contributed by atoms with Gasteiger partial charge in [0, 0.05) is 29.7 Å². The van der Waals surface area contributed by atoms with E-state index in [-0.39, 0.29) is 30.4 Å². The maximum absolute atomic E-state index is 14.2. The van der Waals surface area contributed by atoms with Gasteiger partial charge in [0.05, 0.1) is 12.1 Å². The van der Waals surface area contributed by atoms with E-state index in [2.05, 4.69) is 6.58 Å². The molecule has 0 saturated carbocycles. The summed E-state index contributed by atoms with van der Waals surface area (Å²) >= 11 is 0.